The first kappa shape index (κ1) is 42.8. The molecule has 6 fully saturated rings. The van der Waals surface area contributed by atoms with Crippen LogP contribution >= 0.6 is 0 Å². The molecule has 2 heterocycles. The molecule has 6 rings (SSSR count). The zero-order chi connectivity index (χ0) is 40.8. The molecular weight excluding hydrogens is 707 g/mol. The van der Waals surface area contributed by atoms with E-state index in [0.29, 0.717) is 25.8 Å². The molecule has 4 aliphatic carbocycles. The molecule has 0 aromatic heterocycles. The monoisotopic (exact) mass is 780 g/mol. The molecular formula is C45H73N5O6. The molecule has 11 heteroatoms. The van der Waals surface area contributed by atoms with Crippen molar-refractivity contribution < 1.29 is 28.8 Å². The molecule has 0 aromatic rings. The van der Waals surface area contributed by atoms with Crippen LogP contribution in [0.25, 0.3) is 0 Å². The Hall–Kier alpha value is -2.82. The minimum absolute atomic E-state index is 0.00280. The van der Waals surface area contributed by atoms with Gasteiger partial charge in [0.1, 0.15) is 6.04 Å². The Bertz CT molecular complexity index is 1520. The second kappa shape index (κ2) is 16.4. The number of piperidine rings is 1. The normalized spacial score (nSPS) is 29.0. The van der Waals surface area contributed by atoms with E-state index in [4.69, 9.17) is 0 Å². The molecule has 11 nitrogen and oxygen atoms in total. The molecule has 2 aliphatic heterocycles. The van der Waals surface area contributed by atoms with Crippen molar-refractivity contribution in [1.82, 2.24) is 25.8 Å². The number of nitrogens with one attached hydrogen (secondary N) is 3. The van der Waals surface area contributed by atoms with E-state index in [0.717, 1.165) is 90.0 Å². The third kappa shape index (κ3) is 7.97. The van der Waals surface area contributed by atoms with Crippen LogP contribution in [0.1, 0.15) is 165 Å². The van der Waals surface area contributed by atoms with Gasteiger partial charge in [-0.05, 0) is 107 Å². The molecule has 4 amide bonds. The molecule has 0 bridgehead atoms. The van der Waals surface area contributed by atoms with Gasteiger partial charge in [-0.15, -0.1) is 0 Å². The van der Waals surface area contributed by atoms with Crippen LogP contribution in [0.2, 0.25) is 0 Å². The van der Waals surface area contributed by atoms with Crippen LogP contribution in [0.4, 0.5) is 0 Å². The predicted molar refractivity (Wildman–Crippen MR) is 216 cm³/mol. The molecule has 6 aliphatic rings. The van der Waals surface area contributed by atoms with Gasteiger partial charge in [0.15, 0.2) is 5.78 Å². The van der Waals surface area contributed by atoms with Gasteiger partial charge in [-0.1, -0.05) is 80.1 Å². The van der Waals surface area contributed by atoms with Gasteiger partial charge in [0.2, 0.25) is 23.5 Å². The number of likely N-dealkylation sites (tertiary alicyclic amines) is 2. The first-order valence-electron chi connectivity index (χ1n) is 22.4. The van der Waals surface area contributed by atoms with Crippen molar-refractivity contribution in [1.29, 1.82) is 0 Å². The van der Waals surface area contributed by atoms with Crippen LogP contribution in [0, 0.1) is 33.5 Å². The standard InChI is InChI=1S/C45H73N5O6/c1-9-16-32(36(52)40(55)46-30-20-21-30)47-39(54)34-26-45(43(7,8)44(45)22-15-23-44)27-50(34)41(56)31(29-17-11-10-12-18-29)25-35(51)37(42(4,5)6)48-38(53)33-19-13-14-24-49(33)28(2)3/h28-34,37H,9-27H2,1-8H3,(H,46,55)(H,47,54)(H,48,53)/t31-,32-,33-,34-,37+,45+/m0/s1. The molecule has 2 saturated heterocycles. The van der Waals surface area contributed by atoms with Crippen molar-refractivity contribution in [2.24, 2.45) is 33.5 Å². The fraction of sp³-hybridized carbons (Fsp3) is 0.867. The van der Waals surface area contributed by atoms with Crippen molar-refractivity contribution >= 4 is 35.2 Å². The van der Waals surface area contributed by atoms with E-state index < -0.39 is 41.1 Å². The Balaban J connectivity index is 1.27. The molecule has 6 atom stereocenters. The summed E-state index contributed by atoms with van der Waals surface area (Å²) < 4.78 is 0. The summed E-state index contributed by atoms with van der Waals surface area (Å²) in [4.78, 5) is 88.9. The number of carbonyl (C=O) groups excluding carboxylic acids is 6. The van der Waals surface area contributed by atoms with E-state index in [9.17, 15) is 24.0 Å². The van der Waals surface area contributed by atoms with Crippen LogP contribution in [0.5, 0.6) is 0 Å². The van der Waals surface area contributed by atoms with E-state index in [1.807, 2.05) is 27.7 Å². The van der Waals surface area contributed by atoms with Crippen LogP contribution in [-0.2, 0) is 28.8 Å². The van der Waals surface area contributed by atoms with Gasteiger partial charge in [0.25, 0.3) is 5.91 Å². The predicted octanol–water partition coefficient (Wildman–Crippen LogP) is 5.87. The fourth-order valence-corrected chi connectivity index (χ4v) is 11.9. The van der Waals surface area contributed by atoms with Crippen LogP contribution in [0.15, 0.2) is 0 Å². The second-order valence-corrected chi connectivity index (χ2v) is 20.6. The molecule has 314 valence electrons. The first-order chi connectivity index (χ1) is 26.4. The van der Waals surface area contributed by atoms with Gasteiger partial charge in [-0.2, -0.15) is 0 Å². The fourth-order valence-electron chi connectivity index (χ4n) is 11.9. The average molecular weight is 780 g/mol. The molecule has 56 heavy (non-hydrogen) atoms. The molecule has 0 aromatic carbocycles. The van der Waals surface area contributed by atoms with E-state index in [2.05, 4.69) is 48.5 Å². The number of hydrogen-bond donors (Lipinski definition) is 3. The lowest BCUT2D eigenvalue weighted by atomic mass is 9.73. The van der Waals surface area contributed by atoms with Gasteiger partial charge in [-0.3, -0.25) is 33.7 Å². The number of hydrogen-bond acceptors (Lipinski definition) is 7. The number of carbonyl (C=O) groups is 6. The van der Waals surface area contributed by atoms with Crippen molar-refractivity contribution in [3.63, 3.8) is 0 Å². The quantitative estimate of drug-likeness (QED) is 0.177. The third-order valence-corrected chi connectivity index (χ3v) is 15.7. The van der Waals surface area contributed by atoms with Crippen molar-refractivity contribution in [2.75, 3.05) is 13.1 Å². The zero-order valence-corrected chi connectivity index (χ0v) is 35.9. The summed E-state index contributed by atoms with van der Waals surface area (Å²) in [5.41, 5.74) is -0.799. The Labute approximate surface area is 336 Å². The zero-order valence-electron chi connectivity index (χ0n) is 35.9. The van der Waals surface area contributed by atoms with Crippen molar-refractivity contribution in [3.05, 3.63) is 0 Å². The minimum Gasteiger partial charge on any atom is -0.347 e. The van der Waals surface area contributed by atoms with E-state index >= 15 is 4.79 Å². The summed E-state index contributed by atoms with van der Waals surface area (Å²) in [6.45, 7) is 17.9. The van der Waals surface area contributed by atoms with Crippen LogP contribution in [0.3, 0.4) is 0 Å². The van der Waals surface area contributed by atoms with Gasteiger partial charge in [0.05, 0.1) is 18.1 Å². The lowest BCUT2D eigenvalue weighted by molar-refractivity contribution is -0.146. The lowest BCUT2D eigenvalue weighted by Crippen LogP contribution is -2.58. The highest BCUT2D eigenvalue weighted by molar-refractivity contribution is 6.38. The molecule has 0 radical (unpaired) electrons. The highest BCUT2D eigenvalue weighted by atomic mass is 16.2. The highest BCUT2D eigenvalue weighted by Crippen LogP contribution is 2.88. The van der Waals surface area contributed by atoms with Gasteiger partial charge in [-0.25, -0.2) is 0 Å². The molecule has 2 spiro atoms. The highest BCUT2D eigenvalue weighted by Gasteiger charge is 2.85. The summed E-state index contributed by atoms with van der Waals surface area (Å²) in [6, 6.07) is -2.59. The topological polar surface area (TPSA) is 145 Å². The summed E-state index contributed by atoms with van der Waals surface area (Å²) in [7, 11) is 0. The number of Topliss-reactive ketones (excluding diaryl/α,β-unsaturated/α-hetero) is 2. The largest absolute Gasteiger partial charge is 0.347 e. The maximum absolute atomic E-state index is 15.3. The molecule has 0 unspecified atom stereocenters. The van der Waals surface area contributed by atoms with Crippen LogP contribution < -0.4 is 16.0 Å². The number of fused-ring (bicyclic) bond motifs is 1. The maximum Gasteiger partial charge on any atom is 0.289 e. The minimum atomic E-state index is -0.965. The SMILES string of the molecule is CCC[C@H](NC(=O)[C@@H]1C[C@@]2(CN1C(=O)[C@@H](CC(=O)[C@@H](NC(=O)[C@@H]1CCCCN1C(C)C)C(C)(C)C)C1CCCCC1)C(C)(C)C21CCC1)C(=O)C(=O)NC1CC1. The van der Waals surface area contributed by atoms with Gasteiger partial charge in [0, 0.05) is 36.4 Å². The number of ketones is 2. The Morgan fingerprint density at radius 3 is 1.98 bits per heavy atom. The Kier molecular flexibility index (Phi) is 12.6. The first-order valence-corrected chi connectivity index (χ1v) is 22.4. The summed E-state index contributed by atoms with van der Waals surface area (Å²) in [5.74, 6) is -2.69. The van der Waals surface area contributed by atoms with Crippen molar-refractivity contribution in [3.8, 4) is 0 Å². The second-order valence-electron chi connectivity index (χ2n) is 20.6. The average Bonchev–Trinajstić information content (AvgIpc) is 3.96. The number of nitrogens with zero attached hydrogens (tertiary/aromatic N) is 2. The maximum atomic E-state index is 15.3. The van der Waals surface area contributed by atoms with Crippen LogP contribution in [-0.4, -0.2) is 94.3 Å². The Morgan fingerprint density at radius 2 is 1.43 bits per heavy atom. The van der Waals surface area contributed by atoms with E-state index in [1.54, 1.807) is 4.90 Å². The lowest BCUT2D eigenvalue weighted by Gasteiger charge is -2.40. The summed E-state index contributed by atoms with van der Waals surface area (Å²) in [5, 5.41) is 8.96. The number of amides is 4. The summed E-state index contributed by atoms with van der Waals surface area (Å²) >= 11 is 0. The molecule has 4 saturated carbocycles. The van der Waals surface area contributed by atoms with E-state index in [1.165, 1.54) is 0 Å². The van der Waals surface area contributed by atoms with Gasteiger partial charge < -0.3 is 20.9 Å². The smallest absolute Gasteiger partial charge is 0.289 e. The van der Waals surface area contributed by atoms with Crippen molar-refractivity contribution in [2.45, 2.75) is 201 Å². The Morgan fingerprint density at radius 1 is 0.786 bits per heavy atom. The van der Waals surface area contributed by atoms with Gasteiger partial charge >= 0.3 is 0 Å². The third-order valence-electron chi connectivity index (χ3n) is 15.7. The number of rotatable bonds is 15. The summed E-state index contributed by atoms with van der Waals surface area (Å²) in [6.07, 6.45) is 14.0. The van der Waals surface area contributed by atoms with E-state index in [-0.39, 0.29) is 70.2 Å². The molecule has 3 N–H and O–H groups in total.